The lowest BCUT2D eigenvalue weighted by Crippen LogP contribution is -2.36. The van der Waals surface area contributed by atoms with Crippen molar-refractivity contribution < 1.29 is 28.3 Å². The number of esters is 1. The van der Waals surface area contributed by atoms with Gasteiger partial charge in [-0.1, -0.05) is 30.3 Å². The summed E-state index contributed by atoms with van der Waals surface area (Å²) in [6.45, 7) is 2.03. The molecule has 40 heavy (non-hydrogen) atoms. The number of hydrogen-bond acceptors (Lipinski definition) is 8. The molecule has 9 nitrogen and oxygen atoms in total. The van der Waals surface area contributed by atoms with Crippen LogP contribution in [0.4, 0.5) is 5.00 Å². The fraction of sp³-hybridized carbons (Fsp3) is 0.310. The summed E-state index contributed by atoms with van der Waals surface area (Å²) >= 11 is 2.67. The minimum atomic E-state index is -0.523. The van der Waals surface area contributed by atoms with E-state index in [-0.39, 0.29) is 18.9 Å². The van der Waals surface area contributed by atoms with Crippen molar-refractivity contribution in [1.29, 1.82) is 0 Å². The van der Waals surface area contributed by atoms with Crippen LogP contribution in [0, 0.1) is 0 Å². The molecular weight excluding hydrogens is 550 g/mol. The zero-order valence-corrected chi connectivity index (χ0v) is 23.9. The molecule has 0 saturated carbocycles. The molecule has 1 amide bonds. The van der Waals surface area contributed by atoms with Crippen molar-refractivity contribution in [3.05, 3.63) is 86.6 Å². The highest BCUT2D eigenvalue weighted by atomic mass is 32.2. The number of nitrogens with zero attached hydrogens (tertiary/aromatic N) is 1. The number of fused-ring (bicyclic) bond motifs is 1. The van der Waals surface area contributed by atoms with Crippen molar-refractivity contribution in [2.24, 2.45) is 0 Å². The van der Waals surface area contributed by atoms with Crippen molar-refractivity contribution in [3.8, 4) is 11.4 Å². The zero-order valence-electron chi connectivity index (χ0n) is 22.2. The Morgan fingerprint density at radius 2 is 1.95 bits per heavy atom. The highest BCUT2D eigenvalue weighted by Gasteiger charge is 2.31. The number of nitrogens with one attached hydrogen (secondary N) is 2. The van der Waals surface area contributed by atoms with Crippen LogP contribution in [-0.4, -0.2) is 36.6 Å². The maximum absolute atomic E-state index is 13.0. The molecule has 0 fully saturated rings. The van der Waals surface area contributed by atoms with Crippen LogP contribution in [0.1, 0.15) is 52.0 Å². The minimum Gasteiger partial charge on any atom is -0.497 e. The molecule has 208 valence electrons. The first-order valence-corrected chi connectivity index (χ1v) is 14.9. The molecule has 11 heteroatoms. The first-order chi connectivity index (χ1) is 19.5. The predicted octanol–water partition coefficient (Wildman–Crippen LogP) is 4.88. The number of benzene rings is 2. The largest absolute Gasteiger partial charge is 0.497 e. The highest BCUT2D eigenvalue weighted by Crippen LogP contribution is 2.43. The first kappa shape index (κ1) is 27.7. The summed E-state index contributed by atoms with van der Waals surface area (Å²) in [5.74, 6) is 0.739. The van der Waals surface area contributed by atoms with Gasteiger partial charge in [-0.2, -0.15) is 0 Å². The van der Waals surface area contributed by atoms with E-state index >= 15 is 0 Å². The monoisotopic (exact) mass is 580 g/mol. The van der Waals surface area contributed by atoms with Crippen molar-refractivity contribution >= 4 is 40.0 Å². The van der Waals surface area contributed by atoms with Crippen molar-refractivity contribution in [2.75, 3.05) is 24.8 Å². The van der Waals surface area contributed by atoms with E-state index in [9.17, 15) is 14.4 Å². The molecule has 2 N–H and O–H groups in total. The van der Waals surface area contributed by atoms with Crippen LogP contribution in [0.2, 0.25) is 0 Å². The van der Waals surface area contributed by atoms with E-state index in [2.05, 4.69) is 22.7 Å². The normalized spacial score (nSPS) is 14.4. The Balaban J connectivity index is 1.27. The van der Waals surface area contributed by atoms with Crippen LogP contribution in [0.25, 0.3) is 5.69 Å². The number of thiophene rings is 1. The molecule has 1 unspecified atom stereocenters. The molecule has 2 aromatic heterocycles. The van der Waals surface area contributed by atoms with E-state index in [1.54, 1.807) is 38.3 Å². The number of anilines is 1. The van der Waals surface area contributed by atoms with Gasteiger partial charge in [-0.15, -0.1) is 11.3 Å². The Labute approximate surface area is 239 Å². The maximum Gasteiger partial charge on any atom is 0.442 e. The van der Waals surface area contributed by atoms with Crippen LogP contribution >= 0.6 is 23.1 Å². The van der Waals surface area contributed by atoms with Gasteiger partial charge in [0.1, 0.15) is 10.8 Å². The minimum absolute atomic E-state index is 0.134. The summed E-state index contributed by atoms with van der Waals surface area (Å²) in [5, 5.41) is 6.40. The fourth-order valence-corrected chi connectivity index (χ4v) is 7.06. The Morgan fingerprint density at radius 3 is 2.67 bits per heavy atom. The number of hydrogen-bond donors (Lipinski definition) is 2. The fourth-order valence-electron chi connectivity index (χ4n) is 4.82. The highest BCUT2D eigenvalue weighted by molar-refractivity contribution is 7.99. The van der Waals surface area contributed by atoms with Gasteiger partial charge in [-0.25, -0.2) is 9.59 Å². The second kappa shape index (κ2) is 12.6. The van der Waals surface area contributed by atoms with Gasteiger partial charge in [-0.05, 0) is 77.1 Å². The van der Waals surface area contributed by atoms with Gasteiger partial charge in [0.25, 0.3) is 0 Å². The van der Waals surface area contributed by atoms with Gasteiger partial charge in [0.05, 0.1) is 19.3 Å². The Morgan fingerprint density at radius 1 is 1.18 bits per heavy atom. The molecule has 0 saturated heterocycles. The molecule has 0 radical (unpaired) electrons. The van der Waals surface area contributed by atoms with E-state index < -0.39 is 11.6 Å². The number of methoxy groups -OCH3 is 1. The van der Waals surface area contributed by atoms with Crippen LogP contribution in [0.15, 0.2) is 68.9 Å². The molecule has 5 rings (SSSR count). The third-order valence-electron chi connectivity index (χ3n) is 6.77. The number of thioether (sulfide) groups is 1. The second-order valence-electron chi connectivity index (χ2n) is 9.24. The number of rotatable bonds is 10. The Kier molecular flexibility index (Phi) is 8.71. The van der Waals surface area contributed by atoms with Crippen LogP contribution in [0.3, 0.4) is 0 Å². The number of aromatic nitrogens is 2. The van der Waals surface area contributed by atoms with E-state index in [0.717, 1.165) is 29.7 Å². The average Bonchev–Trinajstić information content (AvgIpc) is 3.52. The van der Waals surface area contributed by atoms with Crippen molar-refractivity contribution in [3.63, 3.8) is 0 Å². The molecular formula is C29H30N3O6S2+. The summed E-state index contributed by atoms with van der Waals surface area (Å²) in [4.78, 5) is 39.3. The van der Waals surface area contributed by atoms with Crippen LogP contribution in [0.5, 0.6) is 5.75 Å². The van der Waals surface area contributed by atoms with Crippen LogP contribution in [-0.2, 0) is 22.4 Å². The van der Waals surface area contributed by atoms with Gasteiger partial charge in [0.2, 0.25) is 11.6 Å². The number of ether oxygens (including phenoxy) is 2. The molecule has 0 spiro atoms. The standard InChI is InChI=1S/C29H29N3O6S2/c1-3-37-28(34)25-22-14-9-19(18-7-5-4-6-8-18)17-23(22)40-26(25)30-24(33)15-16-39-27-29(35)38-31-32(27)20-10-12-21(36-2)13-11-20/h4-8,10-13,19H,3,9,14-17H2,1-2H3,(H-,30,31,33,34,35)/p+1. The predicted molar refractivity (Wildman–Crippen MR) is 153 cm³/mol. The molecule has 1 aliphatic rings. The van der Waals surface area contributed by atoms with Crippen molar-refractivity contribution in [2.45, 2.75) is 43.6 Å². The number of carbonyl (C=O) groups excluding carboxylic acids is 2. The quantitative estimate of drug-likeness (QED) is 0.156. The van der Waals surface area contributed by atoms with Crippen molar-refractivity contribution in [1.82, 2.24) is 5.27 Å². The van der Waals surface area contributed by atoms with E-state index in [1.807, 2.05) is 18.2 Å². The zero-order chi connectivity index (χ0) is 28.1. The van der Waals surface area contributed by atoms with Gasteiger partial charge >= 0.3 is 16.6 Å². The van der Waals surface area contributed by atoms with E-state index in [1.165, 1.54) is 33.3 Å². The lowest BCUT2D eigenvalue weighted by atomic mass is 9.83. The first-order valence-electron chi connectivity index (χ1n) is 13.1. The average molecular weight is 581 g/mol. The van der Waals surface area contributed by atoms with Gasteiger partial charge in [0, 0.05) is 29.2 Å². The summed E-state index contributed by atoms with van der Waals surface area (Å²) in [6.07, 6.45) is 2.63. The topological polar surface area (TPSA) is 115 Å². The summed E-state index contributed by atoms with van der Waals surface area (Å²) in [6, 6.07) is 17.5. The summed E-state index contributed by atoms with van der Waals surface area (Å²) in [5.41, 5.74) is 2.90. The molecule has 1 aliphatic carbocycles. The Hall–Kier alpha value is -3.83. The van der Waals surface area contributed by atoms with Gasteiger partial charge in [0.15, 0.2) is 0 Å². The smallest absolute Gasteiger partial charge is 0.442 e. The van der Waals surface area contributed by atoms with Gasteiger partial charge < -0.3 is 14.8 Å². The van der Waals surface area contributed by atoms with E-state index in [0.29, 0.717) is 38.7 Å². The lowest BCUT2D eigenvalue weighted by Gasteiger charge is -2.23. The number of carbonyl (C=O) groups is 2. The molecule has 4 aromatic rings. The SMILES string of the molecule is CCOC(=O)c1c(NC(=O)CCSc2c(=O)o[nH][n+]2-c2ccc(OC)cc2)sc2c1CCC(c1ccccc1)C2. The van der Waals surface area contributed by atoms with Crippen LogP contribution < -0.4 is 20.4 Å². The number of aromatic amines is 1. The Bertz CT molecular complexity index is 1540. The summed E-state index contributed by atoms with van der Waals surface area (Å²) in [7, 11) is 1.58. The molecule has 2 heterocycles. The molecule has 2 aromatic carbocycles. The number of amides is 1. The third kappa shape index (κ3) is 6.00. The second-order valence-corrected chi connectivity index (χ2v) is 11.4. The van der Waals surface area contributed by atoms with Gasteiger partial charge in [-0.3, -0.25) is 9.32 Å². The van der Waals surface area contributed by atoms with E-state index in [4.69, 9.17) is 14.0 Å². The molecule has 0 aliphatic heterocycles. The molecule has 1 atom stereocenters. The third-order valence-corrected chi connectivity index (χ3v) is 8.98. The summed E-state index contributed by atoms with van der Waals surface area (Å²) < 4.78 is 17.1. The lowest BCUT2D eigenvalue weighted by molar-refractivity contribution is -0.704. The number of H-pyrrole nitrogens is 1. The maximum atomic E-state index is 13.0. The molecule has 0 bridgehead atoms.